The van der Waals surface area contributed by atoms with E-state index < -0.39 is 0 Å². The molecular formula is C17H25N3O. The molecular weight excluding hydrogens is 262 g/mol. The van der Waals surface area contributed by atoms with Crippen LogP contribution in [0, 0.1) is 23.2 Å². The first-order valence-electron chi connectivity index (χ1n) is 8.58. The van der Waals surface area contributed by atoms with Crippen molar-refractivity contribution >= 4 is 5.78 Å². The standard InChI is InChI=1S/C17H25N3O/c1-2-3-20-16(18-11-19-20)7-15(21)17-8-12-4-13(9-17)6-14(5-12)10-17/h11-14H,2-10H2,1H3. The first-order chi connectivity index (χ1) is 10.2. The summed E-state index contributed by atoms with van der Waals surface area (Å²) in [7, 11) is 0. The molecule has 1 aromatic heterocycles. The van der Waals surface area contributed by atoms with Crippen LogP contribution < -0.4 is 0 Å². The zero-order valence-electron chi connectivity index (χ0n) is 12.9. The number of hydrogen-bond donors (Lipinski definition) is 0. The van der Waals surface area contributed by atoms with E-state index >= 15 is 0 Å². The molecule has 4 aliphatic rings. The summed E-state index contributed by atoms with van der Waals surface area (Å²) in [5.74, 6) is 3.81. The van der Waals surface area contributed by atoms with Crippen LogP contribution in [0.2, 0.25) is 0 Å². The number of ketones is 1. The summed E-state index contributed by atoms with van der Waals surface area (Å²) in [6, 6.07) is 0. The average molecular weight is 287 g/mol. The van der Waals surface area contributed by atoms with Crippen LogP contribution >= 0.6 is 0 Å². The Morgan fingerprint density at radius 3 is 2.43 bits per heavy atom. The van der Waals surface area contributed by atoms with Gasteiger partial charge in [-0.15, -0.1) is 0 Å². The van der Waals surface area contributed by atoms with E-state index in [9.17, 15) is 4.79 Å². The molecule has 0 amide bonds. The van der Waals surface area contributed by atoms with Crippen LogP contribution in [-0.2, 0) is 17.8 Å². The van der Waals surface area contributed by atoms with Crippen molar-refractivity contribution in [1.82, 2.24) is 14.8 Å². The van der Waals surface area contributed by atoms with Gasteiger partial charge in [-0.05, 0) is 62.7 Å². The minimum atomic E-state index is -0.00224. The van der Waals surface area contributed by atoms with Gasteiger partial charge in [0.05, 0.1) is 6.42 Å². The number of carbonyl (C=O) groups excluding carboxylic acids is 1. The third-order valence-corrected chi connectivity index (χ3v) is 6.08. The fourth-order valence-electron chi connectivity index (χ4n) is 5.61. The van der Waals surface area contributed by atoms with Crippen molar-refractivity contribution in [1.29, 1.82) is 0 Å². The molecule has 4 bridgehead atoms. The predicted octanol–water partition coefficient (Wildman–Crippen LogP) is 3.02. The molecule has 0 radical (unpaired) electrons. The minimum Gasteiger partial charge on any atom is -0.299 e. The molecule has 0 spiro atoms. The first kappa shape index (κ1) is 13.5. The van der Waals surface area contributed by atoms with E-state index in [0.717, 1.165) is 55.8 Å². The number of carbonyl (C=O) groups is 1. The lowest BCUT2D eigenvalue weighted by Gasteiger charge is -2.56. The third kappa shape index (κ3) is 2.23. The normalized spacial score (nSPS) is 37.1. The first-order valence-corrected chi connectivity index (χ1v) is 8.58. The van der Waals surface area contributed by atoms with E-state index in [4.69, 9.17) is 0 Å². The van der Waals surface area contributed by atoms with Gasteiger partial charge in [0, 0.05) is 12.0 Å². The molecule has 0 saturated heterocycles. The highest BCUT2D eigenvalue weighted by Crippen LogP contribution is 2.60. The topological polar surface area (TPSA) is 47.8 Å². The number of nitrogens with zero attached hydrogens (tertiary/aromatic N) is 3. The summed E-state index contributed by atoms with van der Waals surface area (Å²) < 4.78 is 1.92. The monoisotopic (exact) mass is 287 g/mol. The second-order valence-electron chi connectivity index (χ2n) is 7.70. The molecule has 21 heavy (non-hydrogen) atoms. The van der Waals surface area contributed by atoms with Gasteiger partial charge < -0.3 is 0 Å². The molecule has 0 aromatic carbocycles. The van der Waals surface area contributed by atoms with Gasteiger partial charge in [-0.1, -0.05) is 6.92 Å². The van der Waals surface area contributed by atoms with E-state index in [1.807, 2.05) is 4.68 Å². The Morgan fingerprint density at radius 2 is 1.86 bits per heavy atom. The highest BCUT2D eigenvalue weighted by molar-refractivity contribution is 5.86. The Hall–Kier alpha value is -1.19. The maximum absolute atomic E-state index is 13.0. The highest BCUT2D eigenvalue weighted by Gasteiger charge is 2.54. The second kappa shape index (κ2) is 4.92. The maximum Gasteiger partial charge on any atom is 0.146 e. The number of hydrogen-bond acceptors (Lipinski definition) is 3. The lowest BCUT2D eigenvalue weighted by Crippen LogP contribution is -2.50. The Morgan fingerprint density at radius 1 is 1.24 bits per heavy atom. The molecule has 4 aliphatic carbocycles. The molecule has 1 aromatic rings. The molecule has 4 saturated carbocycles. The van der Waals surface area contributed by atoms with Gasteiger partial charge in [0.15, 0.2) is 0 Å². The average Bonchev–Trinajstić information content (AvgIpc) is 2.85. The lowest BCUT2D eigenvalue weighted by molar-refractivity contribution is -0.143. The largest absolute Gasteiger partial charge is 0.299 e. The number of aryl methyl sites for hydroxylation is 1. The van der Waals surface area contributed by atoms with Gasteiger partial charge in [-0.2, -0.15) is 5.10 Å². The zero-order valence-corrected chi connectivity index (χ0v) is 12.9. The summed E-state index contributed by atoms with van der Waals surface area (Å²) >= 11 is 0. The minimum absolute atomic E-state index is 0.00224. The van der Waals surface area contributed by atoms with Gasteiger partial charge >= 0.3 is 0 Å². The van der Waals surface area contributed by atoms with Crippen molar-refractivity contribution in [3.05, 3.63) is 12.2 Å². The predicted molar refractivity (Wildman–Crippen MR) is 79.6 cm³/mol. The summed E-state index contributed by atoms with van der Waals surface area (Å²) in [5.41, 5.74) is -0.00224. The quantitative estimate of drug-likeness (QED) is 0.836. The van der Waals surface area contributed by atoms with Gasteiger partial charge in [0.1, 0.15) is 17.9 Å². The van der Waals surface area contributed by atoms with Gasteiger partial charge in [0.25, 0.3) is 0 Å². The molecule has 114 valence electrons. The number of aromatic nitrogens is 3. The smallest absolute Gasteiger partial charge is 0.146 e. The van der Waals surface area contributed by atoms with Crippen molar-refractivity contribution in [2.24, 2.45) is 23.2 Å². The number of Topliss-reactive ketones (excluding diaryl/α,β-unsaturated/α-hetero) is 1. The molecule has 0 aliphatic heterocycles. The second-order valence-corrected chi connectivity index (χ2v) is 7.70. The van der Waals surface area contributed by atoms with E-state index in [-0.39, 0.29) is 5.41 Å². The SMILES string of the molecule is CCCn1ncnc1CC(=O)C12CC3CC(CC(C3)C1)C2. The van der Waals surface area contributed by atoms with Crippen LogP contribution in [0.5, 0.6) is 0 Å². The van der Waals surface area contributed by atoms with Crippen LogP contribution in [-0.4, -0.2) is 20.5 Å². The Balaban J connectivity index is 1.53. The Kier molecular flexibility index (Phi) is 3.16. The summed E-state index contributed by atoms with van der Waals surface area (Å²) in [6.07, 6.45) is 10.7. The van der Waals surface area contributed by atoms with Crippen molar-refractivity contribution in [2.75, 3.05) is 0 Å². The van der Waals surface area contributed by atoms with E-state index in [1.54, 1.807) is 6.33 Å². The molecule has 4 fully saturated rings. The molecule has 0 unspecified atom stereocenters. The fourth-order valence-corrected chi connectivity index (χ4v) is 5.61. The van der Waals surface area contributed by atoms with Crippen molar-refractivity contribution in [3.63, 3.8) is 0 Å². The molecule has 0 atom stereocenters. The van der Waals surface area contributed by atoms with E-state index in [2.05, 4.69) is 17.0 Å². The molecule has 4 heteroatoms. The molecule has 5 rings (SSSR count). The zero-order chi connectivity index (χ0) is 14.4. The van der Waals surface area contributed by atoms with Crippen LogP contribution in [0.1, 0.15) is 57.7 Å². The maximum atomic E-state index is 13.0. The van der Waals surface area contributed by atoms with Crippen molar-refractivity contribution in [2.45, 2.75) is 64.8 Å². The van der Waals surface area contributed by atoms with Gasteiger partial charge in [-0.25, -0.2) is 9.67 Å². The Bertz CT molecular complexity index is 513. The highest BCUT2D eigenvalue weighted by atomic mass is 16.1. The van der Waals surface area contributed by atoms with Crippen molar-refractivity contribution in [3.8, 4) is 0 Å². The van der Waals surface area contributed by atoms with Crippen LogP contribution in [0.4, 0.5) is 0 Å². The fraction of sp³-hybridized carbons (Fsp3) is 0.824. The van der Waals surface area contributed by atoms with Crippen LogP contribution in [0.15, 0.2) is 6.33 Å². The molecule has 4 nitrogen and oxygen atoms in total. The molecule has 1 heterocycles. The number of rotatable bonds is 5. The van der Waals surface area contributed by atoms with Crippen LogP contribution in [0.3, 0.4) is 0 Å². The molecule has 0 N–H and O–H groups in total. The van der Waals surface area contributed by atoms with E-state index in [1.165, 1.54) is 19.3 Å². The van der Waals surface area contributed by atoms with Gasteiger partial charge in [-0.3, -0.25) is 4.79 Å². The third-order valence-electron chi connectivity index (χ3n) is 6.08. The lowest BCUT2D eigenvalue weighted by atomic mass is 9.48. The van der Waals surface area contributed by atoms with Crippen LogP contribution in [0.25, 0.3) is 0 Å². The Labute approximate surface area is 126 Å². The summed E-state index contributed by atoms with van der Waals surface area (Å²) in [5, 5.41) is 4.26. The summed E-state index contributed by atoms with van der Waals surface area (Å²) in [4.78, 5) is 17.4. The van der Waals surface area contributed by atoms with Gasteiger partial charge in [0.2, 0.25) is 0 Å². The summed E-state index contributed by atoms with van der Waals surface area (Å²) in [6.45, 7) is 3.00. The van der Waals surface area contributed by atoms with E-state index in [0.29, 0.717) is 12.2 Å². The van der Waals surface area contributed by atoms with Crippen molar-refractivity contribution < 1.29 is 4.79 Å².